The quantitative estimate of drug-likeness (QED) is 0.642. The van der Waals surface area contributed by atoms with Gasteiger partial charge in [-0.3, -0.25) is 9.89 Å². The highest BCUT2D eigenvalue weighted by Crippen LogP contribution is 2.29. The summed E-state index contributed by atoms with van der Waals surface area (Å²) in [6, 6.07) is 12.7. The zero-order chi connectivity index (χ0) is 16.2. The van der Waals surface area contributed by atoms with Crippen LogP contribution in [0.1, 0.15) is 10.4 Å². The lowest BCUT2D eigenvalue weighted by molar-refractivity contribution is 0.102. The second-order valence-corrected chi connectivity index (χ2v) is 5.14. The molecule has 0 aliphatic heterocycles. The van der Waals surface area contributed by atoms with Crippen LogP contribution in [0.15, 0.2) is 48.7 Å². The molecule has 0 fully saturated rings. The van der Waals surface area contributed by atoms with E-state index in [4.69, 9.17) is 17.0 Å². The number of pyridine rings is 1. The number of ether oxygens (including phenoxy) is 1. The molecule has 0 saturated carbocycles. The minimum absolute atomic E-state index is 0.315. The van der Waals surface area contributed by atoms with Crippen LogP contribution in [0, 0.1) is 4.64 Å². The maximum Gasteiger partial charge on any atom is 0.259 e. The lowest BCUT2D eigenvalue weighted by Crippen LogP contribution is -2.13. The SMILES string of the molecule is COc1ccccc1-c1cc(NC(=O)c2ccc[nH]c2=S)n[nH]1. The van der Waals surface area contributed by atoms with Crippen molar-refractivity contribution < 1.29 is 9.53 Å². The van der Waals surface area contributed by atoms with Gasteiger partial charge in [-0.05, 0) is 24.3 Å². The molecule has 1 aromatic carbocycles. The first-order valence-corrected chi connectivity index (χ1v) is 7.27. The van der Waals surface area contributed by atoms with Crippen molar-refractivity contribution in [2.24, 2.45) is 0 Å². The summed E-state index contributed by atoms with van der Waals surface area (Å²) in [7, 11) is 1.61. The fraction of sp³-hybridized carbons (Fsp3) is 0.0625. The molecule has 6 nitrogen and oxygen atoms in total. The van der Waals surface area contributed by atoms with Crippen LogP contribution in [-0.2, 0) is 0 Å². The largest absolute Gasteiger partial charge is 0.496 e. The molecule has 3 N–H and O–H groups in total. The average Bonchev–Trinajstić information content (AvgIpc) is 3.03. The zero-order valence-corrected chi connectivity index (χ0v) is 13.1. The molecule has 0 spiro atoms. The Morgan fingerprint density at radius 3 is 2.87 bits per heavy atom. The molecule has 0 unspecified atom stereocenters. The van der Waals surface area contributed by atoms with Gasteiger partial charge in [0, 0.05) is 17.8 Å². The monoisotopic (exact) mass is 326 g/mol. The number of carbonyl (C=O) groups excluding carboxylic acids is 1. The maximum atomic E-state index is 12.2. The predicted octanol–water partition coefficient (Wildman–Crippen LogP) is 3.40. The molecule has 0 atom stereocenters. The van der Waals surface area contributed by atoms with Crippen molar-refractivity contribution in [1.82, 2.24) is 15.2 Å². The number of H-pyrrole nitrogens is 2. The third-order valence-electron chi connectivity index (χ3n) is 3.28. The summed E-state index contributed by atoms with van der Waals surface area (Å²) >= 11 is 5.10. The van der Waals surface area contributed by atoms with E-state index in [1.165, 1.54) is 0 Å². The van der Waals surface area contributed by atoms with Crippen molar-refractivity contribution in [1.29, 1.82) is 0 Å². The van der Waals surface area contributed by atoms with Gasteiger partial charge in [0.15, 0.2) is 5.82 Å². The Morgan fingerprint density at radius 1 is 1.26 bits per heavy atom. The van der Waals surface area contributed by atoms with Crippen LogP contribution in [0.5, 0.6) is 5.75 Å². The molecule has 116 valence electrons. The second kappa shape index (κ2) is 6.45. The van der Waals surface area contributed by atoms with E-state index in [1.54, 1.807) is 31.5 Å². The number of methoxy groups -OCH3 is 1. The van der Waals surface area contributed by atoms with Crippen LogP contribution < -0.4 is 10.1 Å². The number of nitrogens with zero attached hydrogens (tertiary/aromatic N) is 1. The minimum atomic E-state index is -0.315. The van der Waals surface area contributed by atoms with E-state index in [1.807, 2.05) is 24.3 Å². The molecular weight excluding hydrogens is 312 g/mol. The second-order valence-electron chi connectivity index (χ2n) is 4.73. The number of para-hydroxylation sites is 1. The number of nitrogens with one attached hydrogen (secondary N) is 3. The molecule has 3 aromatic rings. The third-order valence-corrected chi connectivity index (χ3v) is 3.62. The van der Waals surface area contributed by atoms with Crippen LogP contribution >= 0.6 is 12.2 Å². The third kappa shape index (κ3) is 3.14. The maximum absolute atomic E-state index is 12.2. The highest BCUT2D eigenvalue weighted by atomic mass is 32.1. The molecule has 0 aliphatic carbocycles. The summed E-state index contributed by atoms with van der Waals surface area (Å²) in [5.41, 5.74) is 2.00. The van der Waals surface area contributed by atoms with E-state index in [0.717, 1.165) is 17.0 Å². The van der Waals surface area contributed by atoms with Crippen molar-refractivity contribution in [3.63, 3.8) is 0 Å². The van der Waals surface area contributed by atoms with E-state index in [9.17, 15) is 4.79 Å². The van der Waals surface area contributed by atoms with Crippen molar-refractivity contribution in [3.8, 4) is 17.0 Å². The van der Waals surface area contributed by atoms with Gasteiger partial charge in [-0.2, -0.15) is 5.10 Å². The summed E-state index contributed by atoms with van der Waals surface area (Å²) in [4.78, 5) is 15.0. The molecule has 3 rings (SSSR count). The number of carbonyl (C=O) groups is 1. The Kier molecular flexibility index (Phi) is 4.20. The van der Waals surface area contributed by atoms with Crippen LogP contribution in [-0.4, -0.2) is 28.2 Å². The highest BCUT2D eigenvalue weighted by Gasteiger charge is 2.12. The standard InChI is InChI=1S/C16H14N4O2S/c1-22-13-7-3-2-5-10(13)12-9-14(20-19-12)18-15(21)11-6-4-8-17-16(11)23/h2-9H,1H3,(H,17,23)(H2,18,19,20,21). The molecule has 7 heteroatoms. The Morgan fingerprint density at radius 2 is 2.09 bits per heavy atom. The van der Waals surface area contributed by atoms with Crippen molar-refractivity contribution in [2.75, 3.05) is 12.4 Å². The lowest BCUT2D eigenvalue weighted by atomic mass is 10.1. The average molecular weight is 326 g/mol. The molecule has 23 heavy (non-hydrogen) atoms. The first-order chi connectivity index (χ1) is 11.2. The van der Waals surface area contributed by atoms with E-state index >= 15 is 0 Å². The molecule has 2 heterocycles. The van der Waals surface area contributed by atoms with Crippen molar-refractivity contribution >= 4 is 23.9 Å². The molecule has 0 radical (unpaired) electrons. The number of aromatic nitrogens is 3. The number of benzene rings is 1. The predicted molar refractivity (Wildman–Crippen MR) is 90.2 cm³/mol. The van der Waals surface area contributed by atoms with E-state index in [0.29, 0.717) is 16.0 Å². The normalized spacial score (nSPS) is 10.3. The van der Waals surface area contributed by atoms with Gasteiger partial charge in [-0.15, -0.1) is 0 Å². The summed E-state index contributed by atoms with van der Waals surface area (Å²) in [6.45, 7) is 0. The number of anilines is 1. The number of hydrogen-bond donors (Lipinski definition) is 3. The Bertz CT molecular complexity index is 901. The Labute approximate surface area is 137 Å². The first kappa shape index (κ1) is 15.0. The van der Waals surface area contributed by atoms with Gasteiger partial charge >= 0.3 is 0 Å². The molecule has 0 aliphatic rings. The van der Waals surface area contributed by atoms with Gasteiger partial charge in [0.1, 0.15) is 10.4 Å². The van der Waals surface area contributed by atoms with Crippen LogP contribution in [0.4, 0.5) is 5.82 Å². The number of rotatable bonds is 4. The molecule has 2 aromatic heterocycles. The summed E-state index contributed by atoms with van der Waals surface area (Å²) in [5, 5.41) is 9.71. The molecule has 0 saturated heterocycles. The van der Waals surface area contributed by atoms with E-state index in [-0.39, 0.29) is 5.91 Å². The fourth-order valence-corrected chi connectivity index (χ4v) is 2.40. The highest BCUT2D eigenvalue weighted by molar-refractivity contribution is 7.71. The summed E-state index contributed by atoms with van der Waals surface area (Å²) < 4.78 is 5.70. The van der Waals surface area contributed by atoms with Crippen LogP contribution in [0.25, 0.3) is 11.3 Å². The molecular formula is C16H14N4O2S. The van der Waals surface area contributed by atoms with Gasteiger partial charge in [0.25, 0.3) is 5.91 Å². The topological polar surface area (TPSA) is 82.8 Å². The smallest absolute Gasteiger partial charge is 0.259 e. The number of aromatic amines is 2. The molecule has 0 bridgehead atoms. The Hall–Kier alpha value is -2.93. The first-order valence-electron chi connectivity index (χ1n) is 6.87. The van der Waals surface area contributed by atoms with Gasteiger partial charge in [0.05, 0.1) is 18.4 Å². The number of hydrogen-bond acceptors (Lipinski definition) is 4. The van der Waals surface area contributed by atoms with Crippen molar-refractivity contribution in [2.45, 2.75) is 0 Å². The minimum Gasteiger partial charge on any atom is -0.496 e. The van der Waals surface area contributed by atoms with Gasteiger partial charge in [-0.25, -0.2) is 0 Å². The van der Waals surface area contributed by atoms with Crippen LogP contribution in [0.3, 0.4) is 0 Å². The van der Waals surface area contributed by atoms with E-state index < -0.39 is 0 Å². The summed E-state index contributed by atoms with van der Waals surface area (Å²) in [6.07, 6.45) is 1.67. The lowest BCUT2D eigenvalue weighted by Gasteiger charge is -2.05. The van der Waals surface area contributed by atoms with Gasteiger partial charge < -0.3 is 15.0 Å². The van der Waals surface area contributed by atoms with Gasteiger partial charge in [-0.1, -0.05) is 24.4 Å². The fourth-order valence-electron chi connectivity index (χ4n) is 2.17. The number of amides is 1. The van der Waals surface area contributed by atoms with E-state index in [2.05, 4.69) is 20.5 Å². The van der Waals surface area contributed by atoms with Crippen molar-refractivity contribution in [3.05, 3.63) is 58.9 Å². The summed E-state index contributed by atoms with van der Waals surface area (Å²) in [5.74, 6) is 0.818. The zero-order valence-electron chi connectivity index (χ0n) is 12.3. The Balaban J connectivity index is 1.84. The molecule has 1 amide bonds. The van der Waals surface area contributed by atoms with Crippen LogP contribution in [0.2, 0.25) is 0 Å². The van der Waals surface area contributed by atoms with Gasteiger partial charge in [0.2, 0.25) is 0 Å².